The van der Waals surface area contributed by atoms with Crippen molar-refractivity contribution in [2.24, 2.45) is 0 Å². The van der Waals surface area contributed by atoms with Gasteiger partial charge >= 0.3 is 5.97 Å². The van der Waals surface area contributed by atoms with Crippen LogP contribution < -0.4 is 10.6 Å². The average molecular weight is 280 g/mol. The van der Waals surface area contributed by atoms with E-state index < -0.39 is 5.97 Å². The molecule has 1 aromatic rings. The standard InChI is InChI=1S/C14H20N2O4/c15-12-2-1-10(14(18)19)9-13(12)16-5-3-11(4-6-16)20-8-7-17/h1-2,9,11,17H,3-8,15H2,(H,18,19). The fourth-order valence-electron chi connectivity index (χ4n) is 2.43. The van der Waals surface area contributed by atoms with Gasteiger partial charge in [0.15, 0.2) is 0 Å². The van der Waals surface area contributed by atoms with Gasteiger partial charge in [0.1, 0.15) is 0 Å². The molecule has 0 bridgehead atoms. The second-order valence-electron chi connectivity index (χ2n) is 4.86. The topological polar surface area (TPSA) is 96.0 Å². The number of hydrogen-bond acceptors (Lipinski definition) is 5. The Balaban J connectivity index is 2.03. The predicted molar refractivity (Wildman–Crippen MR) is 76.1 cm³/mol. The van der Waals surface area contributed by atoms with Gasteiger partial charge in [0, 0.05) is 13.1 Å². The van der Waals surface area contributed by atoms with Crippen molar-refractivity contribution < 1.29 is 19.7 Å². The van der Waals surface area contributed by atoms with Gasteiger partial charge in [-0.3, -0.25) is 0 Å². The van der Waals surface area contributed by atoms with Crippen LogP contribution in [0.5, 0.6) is 0 Å². The molecular weight excluding hydrogens is 260 g/mol. The zero-order valence-electron chi connectivity index (χ0n) is 11.3. The first-order valence-corrected chi connectivity index (χ1v) is 6.72. The van der Waals surface area contributed by atoms with E-state index in [9.17, 15) is 4.79 Å². The number of aliphatic hydroxyl groups excluding tert-OH is 1. The Kier molecular flexibility index (Phi) is 4.81. The average Bonchev–Trinajstić information content (AvgIpc) is 2.46. The van der Waals surface area contributed by atoms with Crippen LogP contribution in [0.25, 0.3) is 0 Å². The van der Waals surface area contributed by atoms with Crippen LogP contribution in [0.15, 0.2) is 18.2 Å². The lowest BCUT2D eigenvalue weighted by atomic mass is 10.1. The Morgan fingerprint density at radius 2 is 2.10 bits per heavy atom. The predicted octanol–water partition coefficient (Wildman–Crippen LogP) is 0.945. The normalized spacial score (nSPS) is 16.4. The van der Waals surface area contributed by atoms with E-state index in [1.54, 1.807) is 12.1 Å². The van der Waals surface area contributed by atoms with Crippen molar-refractivity contribution in [2.75, 3.05) is 36.9 Å². The van der Waals surface area contributed by atoms with Gasteiger partial charge in [0.05, 0.1) is 36.3 Å². The van der Waals surface area contributed by atoms with Crippen LogP contribution >= 0.6 is 0 Å². The highest BCUT2D eigenvalue weighted by Gasteiger charge is 2.21. The molecule has 0 aromatic heterocycles. The van der Waals surface area contributed by atoms with Crippen molar-refractivity contribution in [1.29, 1.82) is 0 Å². The molecule has 4 N–H and O–H groups in total. The minimum Gasteiger partial charge on any atom is -0.478 e. The van der Waals surface area contributed by atoms with Crippen LogP contribution in [-0.2, 0) is 4.74 Å². The Bertz CT molecular complexity index is 470. The minimum absolute atomic E-state index is 0.0355. The molecular formula is C14H20N2O4. The molecule has 0 aliphatic carbocycles. The zero-order chi connectivity index (χ0) is 14.5. The van der Waals surface area contributed by atoms with Gasteiger partial charge in [-0.05, 0) is 31.0 Å². The molecule has 6 heteroatoms. The van der Waals surface area contributed by atoms with Gasteiger partial charge in [0.2, 0.25) is 0 Å². The van der Waals surface area contributed by atoms with Gasteiger partial charge in [-0.15, -0.1) is 0 Å². The number of anilines is 2. The van der Waals surface area contributed by atoms with Crippen molar-refractivity contribution >= 4 is 17.3 Å². The summed E-state index contributed by atoms with van der Waals surface area (Å²) in [6, 6.07) is 4.76. The Labute approximate surface area is 117 Å². The van der Waals surface area contributed by atoms with Gasteiger partial charge in [-0.25, -0.2) is 4.79 Å². The van der Waals surface area contributed by atoms with Crippen molar-refractivity contribution in [3.05, 3.63) is 23.8 Å². The number of carboxylic acid groups (broad SMARTS) is 1. The van der Waals surface area contributed by atoms with Crippen molar-refractivity contribution in [3.8, 4) is 0 Å². The number of piperidine rings is 1. The van der Waals surface area contributed by atoms with E-state index in [4.69, 9.17) is 20.7 Å². The molecule has 1 heterocycles. The highest BCUT2D eigenvalue weighted by molar-refractivity contribution is 5.90. The molecule has 1 fully saturated rings. The van der Waals surface area contributed by atoms with E-state index in [1.807, 2.05) is 0 Å². The summed E-state index contributed by atoms with van der Waals surface area (Å²) >= 11 is 0. The van der Waals surface area contributed by atoms with Gasteiger partial charge in [-0.2, -0.15) is 0 Å². The van der Waals surface area contributed by atoms with E-state index in [0.29, 0.717) is 12.3 Å². The second kappa shape index (κ2) is 6.58. The number of rotatable bonds is 5. The van der Waals surface area contributed by atoms with Crippen molar-refractivity contribution in [3.63, 3.8) is 0 Å². The number of hydrogen-bond donors (Lipinski definition) is 3. The van der Waals surface area contributed by atoms with E-state index in [2.05, 4.69) is 4.90 Å². The number of nitrogen functional groups attached to an aromatic ring is 1. The summed E-state index contributed by atoms with van der Waals surface area (Å²) in [5.41, 5.74) is 7.54. The monoisotopic (exact) mass is 280 g/mol. The van der Waals surface area contributed by atoms with Crippen LogP contribution in [0.2, 0.25) is 0 Å². The van der Waals surface area contributed by atoms with Crippen LogP contribution in [0.3, 0.4) is 0 Å². The lowest BCUT2D eigenvalue weighted by Crippen LogP contribution is -2.37. The minimum atomic E-state index is -0.951. The number of aromatic carboxylic acids is 1. The van der Waals surface area contributed by atoms with Crippen LogP contribution in [0.1, 0.15) is 23.2 Å². The third kappa shape index (κ3) is 3.40. The maximum atomic E-state index is 11.0. The van der Waals surface area contributed by atoms with Gasteiger partial charge < -0.3 is 25.6 Å². The number of nitrogens with two attached hydrogens (primary N) is 1. The maximum Gasteiger partial charge on any atom is 0.335 e. The summed E-state index contributed by atoms with van der Waals surface area (Å²) in [5.74, 6) is -0.951. The lowest BCUT2D eigenvalue weighted by Gasteiger charge is -2.34. The molecule has 6 nitrogen and oxygen atoms in total. The Morgan fingerprint density at radius 1 is 1.40 bits per heavy atom. The molecule has 0 amide bonds. The second-order valence-corrected chi connectivity index (χ2v) is 4.86. The molecule has 0 atom stereocenters. The van der Waals surface area contributed by atoms with E-state index in [0.717, 1.165) is 31.6 Å². The summed E-state index contributed by atoms with van der Waals surface area (Å²) in [6.45, 7) is 1.93. The molecule has 0 radical (unpaired) electrons. The first-order valence-electron chi connectivity index (χ1n) is 6.72. The van der Waals surface area contributed by atoms with Gasteiger partial charge in [-0.1, -0.05) is 0 Å². The molecule has 0 spiro atoms. The summed E-state index contributed by atoms with van der Waals surface area (Å²) in [7, 11) is 0. The molecule has 1 aliphatic heterocycles. The molecule has 20 heavy (non-hydrogen) atoms. The fraction of sp³-hybridized carbons (Fsp3) is 0.500. The third-order valence-electron chi connectivity index (χ3n) is 3.50. The maximum absolute atomic E-state index is 11.0. The van der Waals surface area contributed by atoms with Gasteiger partial charge in [0.25, 0.3) is 0 Å². The van der Waals surface area contributed by atoms with E-state index >= 15 is 0 Å². The number of aliphatic hydroxyl groups is 1. The van der Waals surface area contributed by atoms with Crippen LogP contribution in [0, 0.1) is 0 Å². The Morgan fingerprint density at radius 3 is 2.70 bits per heavy atom. The number of ether oxygens (including phenoxy) is 1. The smallest absolute Gasteiger partial charge is 0.335 e. The number of carbonyl (C=O) groups is 1. The largest absolute Gasteiger partial charge is 0.478 e. The highest BCUT2D eigenvalue weighted by Crippen LogP contribution is 2.28. The quantitative estimate of drug-likeness (QED) is 0.695. The summed E-state index contributed by atoms with van der Waals surface area (Å²) in [4.78, 5) is 13.1. The van der Waals surface area contributed by atoms with Crippen LogP contribution in [0.4, 0.5) is 11.4 Å². The lowest BCUT2D eigenvalue weighted by molar-refractivity contribution is 0.0159. The summed E-state index contributed by atoms with van der Waals surface area (Å²) in [5, 5.41) is 17.8. The SMILES string of the molecule is Nc1ccc(C(=O)O)cc1N1CCC(OCCO)CC1. The van der Waals surface area contributed by atoms with E-state index in [1.165, 1.54) is 6.07 Å². The molecule has 110 valence electrons. The molecule has 1 aliphatic rings. The zero-order valence-corrected chi connectivity index (χ0v) is 11.3. The summed E-state index contributed by atoms with van der Waals surface area (Å²) < 4.78 is 5.51. The first-order chi connectivity index (χ1) is 9.61. The number of carboxylic acids is 1. The molecule has 2 rings (SSSR count). The van der Waals surface area contributed by atoms with E-state index in [-0.39, 0.29) is 18.3 Å². The van der Waals surface area contributed by atoms with Crippen molar-refractivity contribution in [2.45, 2.75) is 18.9 Å². The number of benzene rings is 1. The fourth-order valence-corrected chi connectivity index (χ4v) is 2.43. The molecule has 1 saturated heterocycles. The van der Waals surface area contributed by atoms with Crippen LogP contribution in [-0.4, -0.2) is 48.6 Å². The highest BCUT2D eigenvalue weighted by atomic mass is 16.5. The first kappa shape index (κ1) is 14.6. The summed E-state index contributed by atoms with van der Waals surface area (Å²) in [6.07, 6.45) is 1.84. The van der Waals surface area contributed by atoms with Crippen molar-refractivity contribution in [1.82, 2.24) is 0 Å². The third-order valence-corrected chi connectivity index (χ3v) is 3.50. The Hall–Kier alpha value is -1.79. The number of nitrogens with zero attached hydrogens (tertiary/aromatic N) is 1. The molecule has 0 unspecified atom stereocenters. The molecule has 0 saturated carbocycles. The molecule has 1 aromatic carbocycles.